The van der Waals surface area contributed by atoms with Gasteiger partial charge in [-0.15, -0.1) is 0 Å². The highest BCUT2D eigenvalue weighted by Gasteiger charge is 2.29. The van der Waals surface area contributed by atoms with Crippen LogP contribution in [0.1, 0.15) is 36.9 Å². The van der Waals surface area contributed by atoms with Gasteiger partial charge in [0.05, 0.1) is 5.92 Å². The second-order valence-corrected chi connectivity index (χ2v) is 5.65. The van der Waals surface area contributed by atoms with E-state index in [1.165, 1.54) is 10.9 Å². The molecule has 1 aromatic carbocycles. The number of H-pyrrole nitrogens is 1. The average Bonchev–Trinajstić information content (AvgIpc) is 2.79. The van der Waals surface area contributed by atoms with Crippen molar-refractivity contribution in [1.29, 1.82) is 0 Å². The Morgan fingerprint density at radius 2 is 2.18 bits per heavy atom. The van der Waals surface area contributed by atoms with E-state index >= 15 is 0 Å². The highest BCUT2D eigenvalue weighted by Crippen LogP contribution is 2.32. The van der Waals surface area contributed by atoms with Gasteiger partial charge < -0.3 is 15.6 Å². The molecule has 0 spiro atoms. The maximum Gasteiger partial charge on any atom is 0.229 e. The van der Waals surface area contributed by atoms with Crippen molar-refractivity contribution in [1.82, 2.24) is 15.6 Å². The number of hydrogen-bond donors (Lipinski definition) is 3. The molecule has 3 N–H and O–H groups in total. The molecule has 1 unspecified atom stereocenters. The van der Waals surface area contributed by atoms with Crippen LogP contribution in [0.3, 0.4) is 0 Å². The van der Waals surface area contributed by atoms with Gasteiger partial charge >= 0.3 is 0 Å². The van der Waals surface area contributed by atoms with Gasteiger partial charge in [0, 0.05) is 36.1 Å². The summed E-state index contributed by atoms with van der Waals surface area (Å²) in [5.41, 5.74) is 3.24. The molecular weight excluding hydrogens is 278 g/mol. The van der Waals surface area contributed by atoms with Crippen molar-refractivity contribution in [3.63, 3.8) is 0 Å². The van der Waals surface area contributed by atoms with E-state index < -0.39 is 0 Å². The van der Waals surface area contributed by atoms with Gasteiger partial charge in [0.2, 0.25) is 11.8 Å². The number of benzene rings is 1. The smallest absolute Gasteiger partial charge is 0.229 e. The van der Waals surface area contributed by atoms with Crippen molar-refractivity contribution < 1.29 is 9.59 Å². The lowest BCUT2D eigenvalue weighted by atomic mass is 9.95. The monoisotopic (exact) mass is 299 g/mol. The van der Waals surface area contributed by atoms with Crippen molar-refractivity contribution in [2.45, 2.75) is 32.1 Å². The number of nitrogens with one attached hydrogen (secondary N) is 3. The molecule has 0 saturated heterocycles. The van der Waals surface area contributed by atoms with Crippen LogP contribution in [0.25, 0.3) is 10.9 Å². The lowest BCUT2D eigenvalue weighted by Crippen LogP contribution is -2.30. The Balaban J connectivity index is 1.92. The Bertz CT molecular complexity index is 705. The minimum absolute atomic E-state index is 0.00259. The molecule has 116 valence electrons. The molecule has 0 bridgehead atoms. The first-order chi connectivity index (χ1) is 10.7. The second-order valence-electron chi connectivity index (χ2n) is 5.65. The molecule has 5 heteroatoms. The highest BCUT2D eigenvalue weighted by atomic mass is 16.2. The topological polar surface area (TPSA) is 74.0 Å². The lowest BCUT2D eigenvalue weighted by Gasteiger charge is -2.13. The zero-order valence-corrected chi connectivity index (χ0v) is 12.7. The second kappa shape index (κ2) is 6.22. The summed E-state index contributed by atoms with van der Waals surface area (Å²) in [5, 5.41) is 6.92. The minimum Gasteiger partial charge on any atom is -0.357 e. The third kappa shape index (κ3) is 2.71. The van der Waals surface area contributed by atoms with E-state index in [2.05, 4.69) is 21.7 Å². The van der Waals surface area contributed by atoms with Crippen LogP contribution >= 0.6 is 0 Å². The van der Waals surface area contributed by atoms with Crippen molar-refractivity contribution >= 4 is 22.7 Å². The summed E-state index contributed by atoms with van der Waals surface area (Å²) in [6.07, 6.45) is 1.71. The van der Waals surface area contributed by atoms with Gasteiger partial charge in [-0.3, -0.25) is 9.59 Å². The SMILES string of the molecule is CCNC(=O)CCC1C(=O)NCCc2c1[nH]c1ccccc21. The van der Waals surface area contributed by atoms with Crippen LogP contribution in [0.2, 0.25) is 0 Å². The normalized spacial score (nSPS) is 17.7. The predicted molar refractivity (Wildman–Crippen MR) is 85.7 cm³/mol. The first-order valence-corrected chi connectivity index (χ1v) is 7.84. The highest BCUT2D eigenvalue weighted by molar-refractivity contribution is 5.91. The molecule has 0 saturated carbocycles. The van der Waals surface area contributed by atoms with Gasteiger partial charge in [0.15, 0.2) is 0 Å². The summed E-state index contributed by atoms with van der Waals surface area (Å²) in [6, 6.07) is 8.12. The molecule has 1 atom stereocenters. The number of carbonyl (C=O) groups is 2. The summed E-state index contributed by atoms with van der Waals surface area (Å²) in [4.78, 5) is 27.5. The molecule has 1 aliphatic heterocycles. The fourth-order valence-corrected chi connectivity index (χ4v) is 3.19. The molecule has 22 heavy (non-hydrogen) atoms. The summed E-state index contributed by atoms with van der Waals surface area (Å²) in [5.74, 6) is -0.278. The largest absolute Gasteiger partial charge is 0.357 e. The third-order valence-corrected chi connectivity index (χ3v) is 4.22. The molecule has 5 nitrogen and oxygen atoms in total. The fourth-order valence-electron chi connectivity index (χ4n) is 3.19. The van der Waals surface area contributed by atoms with Gasteiger partial charge in [0.25, 0.3) is 0 Å². The number of hydrogen-bond acceptors (Lipinski definition) is 2. The molecule has 1 aromatic heterocycles. The Hall–Kier alpha value is -2.30. The van der Waals surface area contributed by atoms with Gasteiger partial charge in [-0.05, 0) is 31.4 Å². The first-order valence-electron chi connectivity index (χ1n) is 7.84. The standard InChI is InChI=1S/C17H21N3O2/c1-2-18-15(21)8-7-13-16-12(9-10-19-17(13)22)11-5-3-4-6-14(11)20-16/h3-6,13,20H,2,7-10H2,1H3,(H,18,21)(H,19,22). The van der Waals surface area contributed by atoms with Crippen molar-refractivity contribution in [2.24, 2.45) is 0 Å². The summed E-state index contributed by atoms with van der Waals surface area (Å²) < 4.78 is 0. The molecular formula is C17H21N3O2. The maximum atomic E-state index is 12.4. The molecule has 0 aliphatic carbocycles. The van der Waals surface area contributed by atoms with Crippen LogP contribution in [0.4, 0.5) is 0 Å². The number of para-hydroxylation sites is 1. The summed E-state index contributed by atoms with van der Waals surface area (Å²) in [7, 11) is 0. The van der Waals surface area contributed by atoms with Crippen LogP contribution in [-0.4, -0.2) is 29.9 Å². The molecule has 2 amide bonds. The average molecular weight is 299 g/mol. The number of fused-ring (bicyclic) bond motifs is 3. The van der Waals surface area contributed by atoms with E-state index in [1.54, 1.807) is 0 Å². The fraction of sp³-hybridized carbons (Fsp3) is 0.412. The van der Waals surface area contributed by atoms with Gasteiger partial charge in [-0.1, -0.05) is 18.2 Å². The molecule has 0 fully saturated rings. The van der Waals surface area contributed by atoms with Crippen LogP contribution in [0.15, 0.2) is 24.3 Å². The number of amides is 2. The van der Waals surface area contributed by atoms with E-state index in [4.69, 9.17) is 0 Å². The number of aromatic nitrogens is 1. The van der Waals surface area contributed by atoms with E-state index in [1.807, 2.05) is 25.1 Å². The van der Waals surface area contributed by atoms with E-state index in [0.717, 1.165) is 17.6 Å². The number of aromatic amines is 1. The minimum atomic E-state index is -0.285. The molecule has 2 heterocycles. The van der Waals surface area contributed by atoms with Crippen LogP contribution in [0.5, 0.6) is 0 Å². The van der Waals surface area contributed by atoms with E-state index in [0.29, 0.717) is 25.9 Å². The van der Waals surface area contributed by atoms with Gasteiger partial charge in [0.1, 0.15) is 0 Å². The van der Waals surface area contributed by atoms with Crippen LogP contribution < -0.4 is 10.6 Å². The zero-order valence-electron chi connectivity index (χ0n) is 12.7. The lowest BCUT2D eigenvalue weighted by molar-refractivity contribution is -0.123. The Morgan fingerprint density at radius 1 is 1.36 bits per heavy atom. The molecule has 1 aliphatic rings. The first kappa shape index (κ1) is 14.6. The number of carbonyl (C=O) groups excluding carboxylic acids is 2. The summed E-state index contributed by atoms with van der Waals surface area (Å²) >= 11 is 0. The van der Waals surface area contributed by atoms with Crippen LogP contribution in [-0.2, 0) is 16.0 Å². The molecule has 2 aromatic rings. The van der Waals surface area contributed by atoms with Crippen molar-refractivity contribution in [3.8, 4) is 0 Å². The van der Waals surface area contributed by atoms with E-state index in [-0.39, 0.29) is 17.7 Å². The Morgan fingerprint density at radius 3 is 3.00 bits per heavy atom. The quantitative estimate of drug-likeness (QED) is 0.806. The Kier molecular flexibility index (Phi) is 4.13. The van der Waals surface area contributed by atoms with E-state index in [9.17, 15) is 9.59 Å². The van der Waals surface area contributed by atoms with Crippen LogP contribution in [0, 0.1) is 0 Å². The third-order valence-electron chi connectivity index (χ3n) is 4.22. The molecule has 3 rings (SSSR count). The molecule has 0 radical (unpaired) electrons. The van der Waals surface area contributed by atoms with Crippen molar-refractivity contribution in [2.75, 3.05) is 13.1 Å². The Labute approximate surface area is 129 Å². The summed E-state index contributed by atoms with van der Waals surface area (Å²) in [6.45, 7) is 3.16. The number of rotatable bonds is 4. The maximum absolute atomic E-state index is 12.4. The zero-order chi connectivity index (χ0) is 15.5. The van der Waals surface area contributed by atoms with Crippen molar-refractivity contribution in [3.05, 3.63) is 35.5 Å². The van der Waals surface area contributed by atoms with Gasteiger partial charge in [-0.2, -0.15) is 0 Å². The van der Waals surface area contributed by atoms with Gasteiger partial charge in [-0.25, -0.2) is 0 Å². The predicted octanol–water partition coefficient (Wildman–Crippen LogP) is 1.84.